The van der Waals surface area contributed by atoms with E-state index in [4.69, 9.17) is 4.98 Å². The van der Waals surface area contributed by atoms with Crippen LogP contribution in [-0.2, 0) is 34.1 Å². The molecule has 0 aliphatic carbocycles. The number of alkyl halides is 3. The molecule has 0 radical (unpaired) electrons. The lowest BCUT2D eigenvalue weighted by Gasteiger charge is -2.35. The average molecular weight is 683 g/mol. The zero-order valence-electron chi connectivity index (χ0n) is 25.9. The first-order chi connectivity index (χ1) is 23.0. The molecule has 1 atom stereocenters. The molecule has 252 valence electrons. The summed E-state index contributed by atoms with van der Waals surface area (Å²) in [6.07, 6.45) is -0.0881. The van der Waals surface area contributed by atoms with Crippen molar-refractivity contribution in [3.8, 4) is 11.3 Å². The normalized spacial score (nSPS) is 17.8. The third kappa shape index (κ3) is 7.66. The highest BCUT2D eigenvalue weighted by Crippen LogP contribution is 2.32. The average Bonchev–Trinajstić information content (AvgIpc) is 3.59. The van der Waals surface area contributed by atoms with Gasteiger partial charge < -0.3 is 10.2 Å². The molecule has 2 saturated heterocycles. The van der Waals surface area contributed by atoms with Crippen molar-refractivity contribution in [2.24, 2.45) is 0 Å². The summed E-state index contributed by atoms with van der Waals surface area (Å²) in [5, 5.41) is 2.86. The Morgan fingerprint density at radius 1 is 0.917 bits per heavy atom. The molecule has 9 nitrogen and oxygen atoms in total. The highest BCUT2D eigenvalue weighted by atomic mass is 32.2. The Morgan fingerprint density at radius 2 is 1.65 bits per heavy atom. The van der Waals surface area contributed by atoms with Crippen LogP contribution in [-0.4, -0.2) is 72.3 Å². The van der Waals surface area contributed by atoms with Gasteiger partial charge in [-0.25, -0.2) is 17.8 Å². The second kappa shape index (κ2) is 14.0. The molecule has 6 rings (SSSR count). The lowest BCUT2D eigenvalue weighted by atomic mass is 10.1. The zero-order chi connectivity index (χ0) is 33.9. The van der Waals surface area contributed by atoms with Crippen LogP contribution in [0.3, 0.4) is 0 Å². The molecule has 0 unspecified atom stereocenters. The summed E-state index contributed by atoms with van der Waals surface area (Å²) in [7, 11) is -4.03. The summed E-state index contributed by atoms with van der Waals surface area (Å²) in [6.45, 7) is 3.79. The van der Waals surface area contributed by atoms with Gasteiger partial charge in [-0.05, 0) is 78.6 Å². The van der Waals surface area contributed by atoms with Gasteiger partial charge in [-0.2, -0.15) is 17.5 Å². The summed E-state index contributed by atoms with van der Waals surface area (Å²) in [4.78, 5) is 26.7. The van der Waals surface area contributed by atoms with Gasteiger partial charge >= 0.3 is 6.18 Å². The van der Waals surface area contributed by atoms with E-state index in [9.17, 15) is 30.8 Å². The van der Waals surface area contributed by atoms with Crippen LogP contribution < -0.4 is 10.2 Å². The largest absolute Gasteiger partial charge is 0.416 e. The number of sulfonamides is 1. The van der Waals surface area contributed by atoms with Crippen LogP contribution in [0, 0.1) is 5.82 Å². The molecule has 1 N–H and O–H groups in total. The zero-order valence-corrected chi connectivity index (χ0v) is 26.7. The fourth-order valence-corrected chi connectivity index (χ4v) is 7.69. The number of aromatic nitrogens is 2. The first-order valence-electron chi connectivity index (χ1n) is 15.6. The summed E-state index contributed by atoms with van der Waals surface area (Å²) in [5.74, 6) is -0.417. The van der Waals surface area contributed by atoms with Crippen LogP contribution in [0.2, 0.25) is 0 Å². The Balaban J connectivity index is 1.20. The van der Waals surface area contributed by atoms with Gasteiger partial charge in [0.15, 0.2) is 0 Å². The number of amides is 1. The van der Waals surface area contributed by atoms with Crippen LogP contribution in [0.1, 0.15) is 29.5 Å². The SMILES string of the molecule is O=C(NCc1cc(-c2ccc(C(F)(F)F)cc2)nc(N2CCN(Cc3cccnc3)CC2)c1)[C@@H]1CCCN1S(=O)(=O)c1ccc(F)cc1. The first-order valence-corrected chi connectivity index (χ1v) is 17.0. The van der Waals surface area contributed by atoms with Gasteiger partial charge in [-0.1, -0.05) is 18.2 Å². The van der Waals surface area contributed by atoms with Crippen molar-refractivity contribution in [1.82, 2.24) is 24.5 Å². The molecule has 0 saturated carbocycles. The molecule has 2 aliphatic rings. The van der Waals surface area contributed by atoms with Gasteiger partial charge in [0.2, 0.25) is 15.9 Å². The van der Waals surface area contributed by atoms with Crippen molar-refractivity contribution in [2.45, 2.75) is 43.0 Å². The fourth-order valence-electron chi connectivity index (χ4n) is 6.04. The van der Waals surface area contributed by atoms with E-state index < -0.39 is 39.5 Å². The number of hydrogen-bond donors (Lipinski definition) is 1. The quantitative estimate of drug-likeness (QED) is 0.246. The molecule has 2 aromatic heterocycles. The minimum Gasteiger partial charge on any atom is -0.354 e. The first kappa shape index (κ1) is 33.5. The molecule has 48 heavy (non-hydrogen) atoms. The number of pyridine rings is 2. The molecule has 2 aromatic carbocycles. The maximum atomic E-state index is 13.4. The molecular formula is C34H34F4N6O3S. The predicted molar refractivity (Wildman–Crippen MR) is 172 cm³/mol. The minimum atomic E-state index is -4.48. The van der Waals surface area contributed by atoms with Crippen molar-refractivity contribution in [3.05, 3.63) is 108 Å². The molecular weight excluding hydrogens is 648 g/mol. The Hall–Kier alpha value is -4.40. The second-order valence-electron chi connectivity index (χ2n) is 11.9. The van der Waals surface area contributed by atoms with Crippen molar-refractivity contribution in [3.63, 3.8) is 0 Å². The summed E-state index contributed by atoms with van der Waals surface area (Å²) in [6, 6.07) is 15.8. The fraction of sp³-hybridized carbons (Fsp3) is 0.324. The predicted octanol–water partition coefficient (Wildman–Crippen LogP) is 5.09. The number of rotatable bonds is 9. The van der Waals surface area contributed by atoms with E-state index in [0.29, 0.717) is 48.6 Å². The standard InChI is InChI=1S/C34H34F4N6O3S/c35-28-9-11-29(12-10-28)48(46,47)44-14-2-4-31(44)33(45)40-22-25-19-30(26-5-7-27(8-6-26)34(36,37)38)41-32(20-25)43-17-15-42(16-18-43)23-24-3-1-13-39-21-24/h1,3,5-13,19-21,31H,2,4,14-18,22-23H2,(H,40,45)/t31-/m0/s1. The minimum absolute atomic E-state index is 0.0455. The van der Waals surface area contributed by atoms with Crippen molar-refractivity contribution >= 4 is 21.7 Å². The third-order valence-corrected chi connectivity index (χ3v) is 10.5. The Bertz CT molecular complexity index is 1830. The van der Waals surface area contributed by atoms with Gasteiger partial charge in [0.25, 0.3) is 0 Å². The van der Waals surface area contributed by atoms with Crippen LogP contribution in [0.15, 0.2) is 90.1 Å². The topological polar surface area (TPSA) is 98.7 Å². The summed E-state index contributed by atoms with van der Waals surface area (Å²) >= 11 is 0. The van der Waals surface area contributed by atoms with Crippen LogP contribution in [0.25, 0.3) is 11.3 Å². The Labute approximate surface area is 276 Å². The number of nitrogens with one attached hydrogen (secondary N) is 1. The van der Waals surface area contributed by atoms with E-state index in [-0.39, 0.29) is 18.0 Å². The summed E-state index contributed by atoms with van der Waals surface area (Å²) in [5.41, 5.74) is 1.94. The maximum Gasteiger partial charge on any atom is 0.416 e. The van der Waals surface area contributed by atoms with E-state index in [1.165, 1.54) is 24.3 Å². The van der Waals surface area contributed by atoms with E-state index in [1.807, 2.05) is 24.4 Å². The van der Waals surface area contributed by atoms with Gasteiger partial charge in [-0.3, -0.25) is 14.7 Å². The van der Waals surface area contributed by atoms with Gasteiger partial charge in [0.05, 0.1) is 16.2 Å². The number of hydrogen-bond acceptors (Lipinski definition) is 7. The van der Waals surface area contributed by atoms with E-state index >= 15 is 0 Å². The molecule has 14 heteroatoms. The van der Waals surface area contributed by atoms with E-state index in [2.05, 4.69) is 20.1 Å². The number of anilines is 1. The number of carbonyl (C=O) groups excluding carboxylic acids is 1. The maximum absolute atomic E-state index is 13.4. The number of piperazine rings is 1. The Kier molecular flexibility index (Phi) is 9.76. The van der Waals surface area contributed by atoms with Gasteiger partial charge in [-0.15, -0.1) is 0 Å². The van der Waals surface area contributed by atoms with Crippen LogP contribution in [0.5, 0.6) is 0 Å². The number of halogens is 4. The van der Waals surface area contributed by atoms with Crippen LogP contribution in [0.4, 0.5) is 23.4 Å². The van der Waals surface area contributed by atoms with Gasteiger partial charge in [0, 0.05) is 63.8 Å². The van der Waals surface area contributed by atoms with Gasteiger partial charge in [0.1, 0.15) is 17.7 Å². The highest BCUT2D eigenvalue weighted by Gasteiger charge is 2.39. The molecule has 2 fully saturated rings. The monoisotopic (exact) mass is 682 g/mol. The number of benzene rings is 2. The number of carbonyl (C=O) groups is 1. The van der Waals surface area contributed by atoms with E-state index in [1.54, 1.807) is 12.3 Å². The van der Waals surface area contributed by atoms with Crippen molar-refractivity contribution < 1.29 is 30.8 Å². The molecule has 4 aromatic rings. The molecule has 0 spiro atoms. The summed E-state index contributed by atoms with van der Waals surface area (Å²) < 4.78 is 80.9. The highest BCUT2D eigenvalue weighted by molar-refractivity contribution is 7.89. The van der Waals surface area contributed by atoms with Crippen molar-refractivity contribution in [2.75, 3.05) is 37.6 Å². The lowest BCUT2D eigenvalue weighted by Crippen LogP contribution is -2.46. The van der Waals surface area contributed by atoms with E-state index in [0.717, 1.165) is 53.8 Å². The second-order valence-corrected chi connectivity index (χ2v) is 13.8. The molecule has 1 amide bonds. The number of nitrogens with zero attached hydrogens (tertiary/aromatic N) is 5. The van der Waals surface area contributed by atoms with Crippen molar-refractivity contribution in [1.29, 1.82) is 0 Å². The lowest BCUT2D eigenvalue weighted by molar-refractivity contribution is -0.137. The smallest absolute Gasteiger partial charge is 0.354 e. The molecule has 4 heterocycles. The molecule has 2 aliphatic heterocycles. The third-order valence-electron chi connectivity index (χ3n) is 8.60. The molecule has 0 bridgehead atoms. The Morgan fingerprint density at radius 3 is 2.31 bits per heavy atom. The van der Waals surface area contributed by atoms with Crippen LogP contribution >= 0.6 is 0 Å².